The normalized spacial score (nSPS) is 11.1. The van der Waals surface area contributed by atoms with Crippen molar-refractivity contribution in [2.75, 3.05) is 16.4 Å². The van der Waals surface area contributed by atoms with E-state index in [1.54, 1.807) is 54.6 Å². The first-order valence-corrected chi connectivity index (χ1v) is 13.5. The lowest BCUT2D eigenvalue weighted by molar-refractivity contribution is -0.114. The molecule has 192 valence electrons. The van der Waals surface area contributed by atoms with Gasteiger partial charge in [-0.05, 0) is 66.1 Å². The summed E-state index contributed by atoms with van der Waals surface area (Å²) < 4.78 is 13.3. The smallest absolute Gasteiger partial charge is 0.272 e. The SMILES string of the molecule is O=C(CSc1cccc(NC(=O)/C(=C/c2cccs2)NC(=O)c2ccccc2)c1)Nc1ccc(F)c(Cl)c1. The van der Waals surface area contributed by atoms with E-state index in [1.165, 1.54) is 41.3 Å². The van der Waals surface area contributed by atoms with E-state index in [0.717, 1.165) is 9.77 Å². The number of carbonyl (C=O) groups is 3. The van der Waals surface area contributed by atoms with Gasteiger partial charge in [0.25, 0.3) is 11.8 Å². The summed E-state index contributed by atoms with van der Waals surface area (Å²) in [5.74, 6) is -1.66. The Balaban J connectivity index is 1.40. The van der Waals surface area contributed by atoms with E-state index in [9.17, 15) is 18.8 Å². The zero-order valence-corrected chi connectivity index (χ0v) is 22.1. The fourth-order valence-corrected chi connectivity index (χ4v) is 4.83. The van der Waals surface area contributed by atoms with Gasteiger partial charge in [-0.2, -0.15) is 0 Å². The molecule has 3 amide bonds. The van der Waals surface area contributed by atoms with Gasteiger partial charge in [0.15, 0.2) is 0 Å². The molecule has 1 heterocycles. The van der Waals surface area contributed by atoms with E-state index in [2.05, 4.69) is 16.0 Å². The Morgan fingerprint density at radius 1 is 0.895 bits per heavy atom. The summed E-state index contributed by atoms with van der Waals surface area (Å²) >= 11 is 8.46. The van der Waals surface area contributed by atoms with Crippen molar-refractivity contribution in [2.24, 2.45) is 0 Å². The second-order valence-corrected chi connectivity index (χ2v) is 10.3. The lowest BCUT2D eigenvalue weighted by Crippen LogP contribution is -2.30. The van der Waals surface area contributed by atoms with Gasteiger partial charge in [-0.15, -0.1) is 23.1 Å². The van der Waals surface area contributed by atoms with Crippen LogP contribution in [0.3, 0.4) is 0 Å². The Morgan fingerprint density at radius 2 is 1.68 bits per heavy atom. The molecule has 6 nitrogen and oxygen atoms in total. The third-order valence-corrected chi connectivity index (χ3v) is 7.13. The molecule has 4 aromatic rings. The quantitative estimate of drug-likeness (QED) is 0.156. The molecule has 0 radical (unpaired) electrons. The maximum Gasteiger partial charge on any atom is 0.272 e. The third kappa shape index (κ3) is 7.79. The Labute approximate surface area is 231 Å². The molecule has 0 bridgehead atoms. The van der Waals surface area contributed by atoms with Crippen LogP contribution in [0.4, 0.5) is 15.8 Å². The molecule has 0 saturated heterocycles. The molecule has 1 aromatic heterocycles. The molecule has 0 aliphatic heterocycles. The van der Waals surface area contributed by atoms with Crippen LogP contribution in [-0.2, 0) is 9.59 Å². The second-order valence-electron chi connectivity index (χ2n) is 7.84. The van der Waals surface area contributed by atoms with Gasteiger partial charge in [-0.25, -0.2) is 4.39 Å². The Kier molecular flexibility index (Phi) is 9.31. The number of hydrogen-bond donors (Lipinski definition) is 3. The number of carbonyl (C=O) groups excluding carboxylic acids is 3. The molecule has 10 heteroatoms. The highest BCUT2D eigenvalue weighted by Crippen LogP contribution is 2.24. The van der Waals surface area contributed by atoms with E-state index >= 15 is 0 Å². The highest BCUT2D eigenvalue weighted by atomic mass is 35.5. The Morgan fingerprint density at radius 3 is 2.42 bits per heavy atom. The topological polar surface area (TPSA) is 87.3 Å². The van der Waals surface area contributed by atoms with Crippen LogP contribution < -0.4 is 16.0 Å². The van der Waals surface area contributed by atoms with Gasteiger partial charge in [0.1, 0.15) is 11.5 Å². The zero-order valence-electron chi connectivity index (χ0n) is 19.7. The number of amides is 3. The van der Waals surface area contributed by atoms with Crippen molar-refractivity contribution in [2.45, 2.75) is 4.90 Å². The molecular weight excluding hydrogens is 545 g/mol. The van der Waals surface area contributed by atoms with Crippen molar-refractivity contribution in [3.63, 3.8) is 0 Å². The highest BCUT2D eigenvalue weighted by Gasteiger charge is 2.16. The molecule has 3 N–H and O–H groups in total. The number of nitrogens with one attached hydrogen (secondary N) is 3. The van der Waals surface area contributed by atoms with Gasteiger partial charge in [0, 0.05) is 26.7 Å². The van der Waals surface area contributed by atoms with Crippen molar-refractivity contribution >= 4 is 69.9 Å². The van der Waals surface area contributed by atoms with Gasteiger partial charge in [0.2, 0.25) is 5.91 Å². The molecule has 0 aliphatic rings. The summed E-state index contributed by atoms with van der Waals surface area (Å²) in [7, 11) is 0. The zero-order chi connectivity index (χ0) is 26.9. The lowest BCUT2D eigenvalue weighted by Gasteiger charge is -2.12. The molecule has 4 rings (SSSR count). The van der Waals surface area contributed by atoms with Gasteiger partial charge in [0.05, 0.1) is 10.8 Å². The fraction of sp³-hybridized carbons (Fsp3) is 0.0357. The van der Waals surface area contributed by atoms with Crippen molar-refractivity contribution < 1.29 is 18.8 Å². The predicted octanol–water partition coefficient (Wildman–Crippen LogP) is 6.68. The van der Waals surface area contributed by atoms with Crippen LogP contribution in [0.5, 0.6) is 0 Å². The Hall–Kier alpha value is -3.92. The van der Waals surface area contributed by atoms with Crippen molar-refractivity contribution in [3.05, 3.63) is 117 Å². The van der Waals surface area contributed by atoms with Crippen LogP contribution in [0.15, 0.2) is 101 Å². The van der Waals surface area contributed by atoms with Crippen LogP contribution in [-0.4, -0.2) is 23.5 Å². The summed E-state index contributed by atoms with van der Waals surface area (Å²) in [6.45, 7) is 0. The van der Waals surface area contributed by atoms with Gasteiger partial charge in [-0.1, -0.05) is 41.9 Å². The van der Waals surface area contributed by atoms with E-state index in [1.807, 2.05) is 23.6 Å². The van der Waals surface area contributed by atoms with Crippen molar-refractivity contribution in [1.82, 2.24) is 5.32 Å². The fourth-order valence-electron chi connectivity index (χ4n) is 3.24. The van der Waals surface area contributed by atoms with Crippen molar-refractivity contribution in [1.29, 1.82) is 0 Å². The minimum Gasteiger partial charge on any atom is -0.325 e. The molecule has 0 saturated carbocycles. The first-order chi connectivity index (χ1) is 18.4. The van der Waals surface area contributed by atoms with Crippen LogP contribution in [0.2, 0.25) is 5.02 Å². The maximum atomic E-state index is 13.3. The first-order valence-electron chi connectivity index (χ1n) is 11.3. The van der Waals surface area contributed by atoms with Gasteiger partial charge in [-0.3, -0.25) is 14.4 Å². The molecule has 0 spiro atoms. The van der Waals surface area contributed by atoms with E-state index in [-0.39, 0.29) is 22.4 Å². The second kappa shape index (κ2) is 13.0. The number of hydrogen-bond acceptors (Lipinski definition) is 5. The number of benzene rings is 3. The standard InChI is InChI=1S/C28H21ClFN3O3S2/c29-23-15-20(11-12-24(23)30)31-26(34)17-38-21-9-4-8-19(14-21)32-28(36)25(16-22-10-5-13-37-22)33-27(35)18-6-2-1-3-7-18/h1-16H,17H2,(H,31,34)(H,32,36)(H,33,35)/b25-16-. The number of thioether (sulfide) groups is 1. The molecule has 0 aliphatic carbocycles. The molecule has 38 heavy (non-hydrogen) atoms. The number of rotatable bonds is 9. The maximum absolute atomic E-state index is 13.3. The summed E-state index contributed by atoms with van der Waals surface area (Å²) in [6.07, 6.45) is 1.62. The molecular formula is C28H21ClFN3O3S2. The third-order valence-electron chi connectivity index (χ3n) is 5.02. The minimum absolute atomic E-state index is 0.0775. The molecule has 0 unspecified atom stereocenters. The van der Waals surface area contributed by atoms with Gasteiger partial charge >= 0.3 is 0 Å². The van der Waals surface area contributed by atoms with E-state index in [4.69, 9.17) is 11.6 Å². The van der Waals surface area contributed by atoms with Crippen LogP contribution in [0.1, 0.15) is 15.2 Å². The van der Waals surface area contributed by atoms with Crippen LogP contribution in [0.25, 0.3) is 6.08 Å². The lowest BCUT2D eigenvalue weighted by atomic mass is 10.2. The number of thiophene rings is 1. The average molecular weight is 566 g/mol. The van der Waals surface area contributed by atoms with Gasteiger partial charge < -0.3 is 16.0 Å². The number of anilines is 2. The van der Waals surface area contributed by atoms with E-state index in [0.29, 0.717) is 16.9 Å². The summed E-state index contributed by atoms with van der Waals surface area (Å²) in [5, 5.41) is 9.98. The monoisotopic (exact) mass is 565 g/mol. The predicted molar refractivity (Wildman–Crippen MR) is 152 cm³/mol. The summed E-state index contributed by atoms with van der Waals surface area (Å²) in [6, 6.07) is 23.3. The van der Waals surface area contributed by atoms with Crippen LogP contribution in [0, 0.1) is 5.82 Å². The van der Waals surface area contributed by atoms with E-state index < -0.39 is 17.6 Å². The van der Waals surface area contributed by atoms with Crippen molar-refractivity contribution in [3.8, 4) is 0 Å². The molecule has 3 aromatic carbocycles. The number of halogens is 2. The molecule has 0 fully saturated rings. The highest BCUT2D eigenvalue weighted by molar-refractivity contribution is 8.00. The molecule has 0 atom stereocenters. The largest absolute Gasteiger partial charge is 0.325 e. The summed E-state index contributed by atoms with van der Waals surface area (Å²) in [5.41, 5.74) is 1.41. The average Bonchev–Trinajstić information content (AvgIpc) is 3.43. The summed E-state index contributed by atoms with van der Waals surface area (Å²) in [4.78, 5) is 39.7. The Bertz CT molecular complexity index is 1480. The van der Waals surface area contributed by atoms with Crippen LogP contribution >= 0.6 is 34.7 Å². The minimum atomic E-state index is -0.564. The first kappa shape index (κ1) is 27.1.